The third-order valence-electron chi connectivity index (χ3n) is 12.4. The molecule has 0 amide bonds. The van der Waals surface area contributed by atoms with E-state index in [2.05, 4.69) is 62.5 Å². The number of rotatable bonds is 51. The minimum Gasteiger partial charge on any atom is -0.462 e. The zero-order valence-corrected chi connectivity index (χ0v) is 42.1. The Bertz CT molecular complexity index is 1040. The van der Waals surface area contributed by atoms with Gasteiger partial charge in [-0.25, -0.2) is 0 Å². The van der Waals surface area contributed by atoms with E-state index in [-0.39, 0.29) is 25.2 Å². The standard InChI is InChI=1S/C58H106O5/c1-3-5-7-9-11-13-15-17-19-21-22-23-24-25-26-27-28-29-30-31-32-33-34-35-36-37-39-41-43-45-47-49-51-53-58(61)63-56(54-59)55-62-57(60)52-50-48-46-44-42-40-38-20-18-16-14-12-10-8-6-4-2/h5,7,11,13,17,19,22-23,56,59H,3-4,6,8-10,12,14-16,18,20-21,24-55H2,1-2H3/b7-5-,13-11-,19-17-,23-22-. The molecule has 0 bridgehead atoms. The summed E-state index contributed by atoms with van der Waals surface area (Å²) in [5, 5.41) is 9.63. The Morgan fingerprint density at radius 1 is 0.381 bits per heavy atom. The highest BCUT2D eigenvalue weighted by molar-refractivity contribution is 5.70. The summed E-state index contributed by atoms with van der Waals surface area (Å²) in [6.07, 6.45) is 70.9. The summed E-state index contributed by atoms with van der Waals surface area (Å²) < 4.78 is 10.7. The topological polar surface area (TPSA) is 72.8 Å². The molecule has 0 spiro atoms. The van der Waals surface area contributed by atoms with Crippen LogP contribution in [-0.4, -0.2) is 36.4 Å². The third kappa shape index (κ3) is 52.4. The minimum atomic E-state index is -0.768. The predicted molar refractivity (Wildman–Crippen MR) is 274 cm³/mol. The van der Waals surface area contributed by atoms with Gasteiger partial charge in [-0.05, 0) is 51.4 Å². The van der Waals surface area contributed by atoms with Crippen LogP contribution in [0.4, 0.5) is 0 Å². The highest BCUT2D eigenvalue weighted by Gasteiger charge is 2.16. The number of aliphatic hydroxyl groups is 1. The lowest BCUT2D eigenvalue weighted by Gasteiger charge is -2.15. The number of aliphatic hydroxyl groups excluding tert-OH is 1. The van der Waals surface area contributed by atoms with E-state index in [9.17, 15) is 14.7 Å². The van der Waals surface area contributed by atoms with Crippen LogP contribution in [0.25, 0.3) is 0 Å². The molecule has 0 aromatic rings. The van der Waals surface area contributed by atoms with Gasteiger partial charge in [0.2, 0.25) is 0 Å². The molecule has 1 unspecified atom stereocenters. The monoisotopic (exact) mass is 883 g/mol. The second kappa shape index (κ2) is 54.2. The number of unbranched alkanes of at least 4 members (excludes halogenated alkanes) is 35. The Morgan fingerprint density at radius 3 is 1.03 bits per heavy atom. The molecule has 0 heterocycles. The molecule has 1 atom stereocenters. The summed E-state index contributed by atoms with van der Waals surface area (Å²) in [6.45, 7) is 4.06. The van der Waals surface area contributed by atoms with E-state index in [1.165, 1.54) is 205 Å². The van der Waals surface area contributed by atoms with E-state index in [4.69, 9.17) is 9.47 Å². The SMILES string of the molecule is CC/C=C\C/C=C\C/C=C\C/C=C\CCCCCCCCCCCCCCCCCCCCCCC(=O)OC(CO)COC(=O)CCCCCCCCCCCCCCCCCC. The van der Waals surface area contributed by atoms with E-state index >= 15 is 0 Å². The molecule has 0 aromatic carbocycles. The van der Waals surface area contributed by atoms with Crippen molar-refractivity contribution in [3.63, 3.8) is 0 Å². The van der Waals surface area contributed by atoms with Gasteiger partial charge in [-0.3, -0.25) is 9.59 Å². The van der Waals surface area contributed by atoms with E-state index in [1.54, 1.807) is 0 Å². The highest BCUT2D eigenvalue weighted by atomic mass is 16.6. The number of carbonyl (C=O) groups excluding carboxylic acids is 2. The summed E-state index contributed by atoms with van der Waals surface area (Å²) in [5.41, 5.74) is 0. The first kappa shape index (κ1) is 60.9. The zero-order chi connectivity index (χ0) is 45.6. The fourth-order valence-corrected chi connectivity index (χ4v) is 8.26. The molecule has 0 aliphatic carbocycles. The minimum absolute atomic E-state index is 0.0600. The van der Waals surface area contributed by atoms with Crippen molar-refractivity contribution in [3.8, 4) is 0 Å². The Kier molecular flexibility index (Phi) is 52.4. The molecule has 0 fully saturated rings. The van der Waals surface area contributed by atoms with Crippen LogP contribution in [0, 0.1) is 0 Å². The van der Waals surface area contributed by atoms with Gasteiger partial charge in [0, 0.05) is 12.8 Å². The van der Waals surface area contributed by atoms with E-state index in [0.717, 1.165) is 57.8 Å². The van der Waals surface area contributed by atoms with Gasteiger partial charge in [0.15, 0.2) is 6.10 Å². The molecule has 368 valence electrons. The lowest BCUT2D eigenvalue weighted by atomic mass is 10.0. The van der Waals surface area contributed by atoms with Crippen molar-refractivity contribution >= 4 is 11.9 Å². The number of hydrogen-bond acceptors (Lipinski definition) is 5. The first-order chi connectivity index (χ1) is 31.1. The molecular weight excluding hydrogens is 777 g/mol. The lowest BCUT2D eigenvalue weighted by molar-refractivity contribution is -0.161. The largest absolute Gasteiger partial charge is 0.462 e. The first-order valence-corrected chi connectivity index (χ1v) is 27.7. The number of hydrogen-bond donors (Lipinski definition) is 1. The molecule has 0 aromatic heterocycles. The molecule has 0 rings (SSSR count). The maximum Gasteiger partial charge on any atom is 0.306 e. The lowest BCUT2D eigenvalue weighted by Crippen LogP contribution is -2.28. The molecule has 0 saturated heterocycles. The maximum atomic E-state index is 12.3. The number of ether oxygens (including phenoxy) is 2. The van der Waals surface area contributed by atoms with Gasteiger partial charge in [0.05, 0.1) is 6.61 Å². The number of carbonyl (C=O) groups is 2. The number of allylic oxidation sites excluding steroid dienone is 8. The van der Waals surface area contributed by atoms with Gasteiger partial charge in [0.25, 0.3) is 0 Å². The van der Waals surface area contributed by atoms with Crippen molar-refractivity contribution in [1.29, 1.82) is 0 Å². The smallest absolute Gasteiger partial charge is 0.306 e. The highest BCUT2D eigenvalue weighted by Crippen LogP contribution is 2.17. The molecule has 0 aliphatic rings. The fraction of sp³-hybridized carbons (Fsp3) is 0.828. The van der Waals surface area contributed by atoms with Crippen LogP contribution in [0.5, 0.6) is 0 Å². The van der Waals surface area contributed by atoms with Gasteiger partial charge in [0.1, 0.15) is 6.61 Å². The molecule has 1 N–H and O–H groups in total. The van der Waals surface area contributed by atoms with Crippen molar-refractivity contribution in [1.82, 2.24) is 0 Å². The van der Waals surface area contributed by atoms with Gasteiger partial charge in [-0.15, -0.1) is 0 Å². The Balaban J connectivity index is 3.42. The van der Waals surface area contributed by atoms with Crippen LogP contribution in [-0.2, 0) is 19.1 Å². The Hall–Kier alpha value is -2.14. The van der Waals surface area contributed by atoms with Crippen molar-refractivity contribution < 1.29 is 24.2 Å². The van der Waals surface area contributed by atoms with Crippen molar-refractivity contribution in [2.45, 2.75) is 296 Å². The van der Waals surface area contributed by atoms with Gasteiger partial charge < -0.3 is 14.6 Å². The molecule has 63 heavy (non-hydrogen) atoms. The van der Waals surface area contributed by atoms with E-state index < -0.39 is 6.10 Å². The van der Waals surface area contributed by atoms with Gasteiger partial charge in [-0.1, -0.05) is 274 Å². The molecule has 5 heteroatoms. The average Bonchev–Trinajstić information content (AvgIpc) is 3.29. The van der Waals surface area contributed by atoms with E-state index in [0.29, 0.717) is 12.8 Å². The quantitative estimate of drug-likeness (QED) is 0.0374. The fourth-order valence-electron chi connectivity index (χ4n) is 8.26. The van der Waals surface area contributed by atoms with Crippen LogP contribution >= 0.6 is 0 Å². The Labute approximate surface area is 392 Å². The van der Waals surface area contributed by atoms with Gasteiger partial charge in [-0.2, -0.15) is 0 Å². The zero-order valence-electron chi connectivity index (χ0n) is 42.1. The Morgan fingerprint density at radius 2 is 0.683 bits per heavy atom. The summed E-state index contributed by atoms with van der Waals surface area (Å²) in [6, 6.07) is 0. The summed E-state index contributed by atoms with van der Waals surface area (Å²) in [4.78, 5) is 24.5. The predicted octanol–water partition coefficient (Wildman–Crippen LogP) is 18.5. The normalized spacial score (nSPS) is 12.5. The van der Waals surface area contributed by atoms with Crippen molar-refractivity contribution in [2.75, 3.05) is 13.2 Å². The van der Waals surface area contributed by atoms with Crippen LogP contribution in [0.3, 0.4) is 0 Å². The molecule has 0 saturated carbocycles. The summed E-state index contributed by atoms with van der Waals surface area (Å²) >= 11 is 0. The third-order valence-corrected chi connectivity index (χ3v) is 12.4. The van der Waals surface area contributed by atoms with E-state index in [1.807, 2.05) is 0 Å². The van der Waals surface area contributed by atoms with Gasteiger partial charge >= 0.3 is 11.9 Å². The molecule has 0 radical (unpaired) electrons. The van der Waals surface area contributed by atoms with Crippen molar-refractivity contribution in [2.24, 2.45) is 0 Å². The number of esters is 2. The molecule has 5 nitrogen and oxygen atoms in total. The van der Waals surface area contributed by atoms with Crippen LogP contribution in [0.2, 0.25) is 0 Å². The molecular formula is C58H106O5. The summed E-state index contributed by atoms with van der Waals surface area (Å²) in [7, 11) is 0. The van der Waals surface area contributed by atoms with Crippen molar-refractivity contribution in [3.05, 3.63) is 48.6 Å². The second-order valence-corrected chi connectivity index (χ2v) is 18.6. The van der Waals surface area contributed by atoms with Crippen LogP contribution < -0.4 is 0 Å². The average molecular weight is 883 g/mol. The summed E-state index contributed by atoms with van der Waals surface area (Å²) in [5.74, 6) is -0.573. The van der Waals surface area contributed by atoms with Crippen LogP contribution in [0.1, 0.15) is 290 Å². The van der Waals surface area contributed by atoms with Crippen LogP contribution in [0.15, 0.2) is 48.6 Å². The maximum absolute atomic E-state index is 12.3. The first-order valence-electron chi connectivity index (χ1n) is 27.7. The molecule has 0 aliphatic heterocycles. The second-order valence-electron chi connectivity index (χ2n) is 18.6.